The van der Waals surface area contributed by atoms with E-state index < -0.39 is 0 Å². The number of phenols is 1. The van der Waals surface area contributed by atoms with Gasteiger partial charge in [0.25, 0.3) is 5.91 Å². The molecule has 0 saturated carbocycles. The van der Waals surface area contributed by atoms with E-state index in [2.05, 4.69) is 34.5 Å². The normalized spacial score (nSPS) is 15.7. The first-order chi connectivity index (χ1) is 12.2. The maximum absolute atomic E-state index is 12.5. The van der Waals surface area contributed by atoms with E-state index in [-0.39, 0.29) is 23.3 Å². The van der Waals surface area contributed by atoms with Gasteiger partial charge < -0.3 is 15.2 Å². The zero-order valence-electron chi connectivity index (χ0n) is 14.4. The standard InChI is InChI=1S/C20H24N2O3/c1-25-18-9-5-8-17(23)19(18)20(24)21-16-10-12-22(13-11-16)14-15-6-3-2-4-7-15/h2-9,16,23H,10-14H2,1H3,(H,21,24). The summed E-state index contributed by atoms with van der Waals surface area (Å²) in [4.78, 5) is 14.9. The Labute approximate surface area is 148 Å². The number of methoxy groups -OCH3 is 1. The van der Waals surface area contributed by atoms with Crippen molar-refractivity contribution in [2.24, 2.45) is 0 Å². The van der Waals surface area contributed by atoms with Crippen molar-refractivity contribution in [1.82, 2.24) is 10.2 Å². The number of nitrogens with zero attached hydrogens (tertiary/aromatic N) is 1. The summed E-state index contributed by atoms with van der Waals surface area (Å²) in [6.07, 6.45) is 1.79. The largest absolute Gasteiger partial charge is 0.507 e. The summed E-state index contributed by atoms with van der Waals surface area (Å²) in [6, 6.07) is 15.4. The zero-order valence-corrected chi connectivity index (χ0v) is 14.4. The first-order valence-corrected chi connectivity index (χ1v) is 8.60. The second kappa shape index (κ2) is 8.03. The highest BCUT2D eigenvalue weighted by Crippen LogP contribution is 2.27. The third kappa shape index (κ3) is 4.31. The van der Waals surface area contributed by atoms with Crippen LogP contribution in [-0.2, 0) is 6.54 Å². The molecule has 1 aliphatic heterocycles. The van der Waals surface area contributed by atoms with Gasteiger partial charge >= 0.3 is 0 Å². The number of phenolic OH excluding ortho intramolecular Hbond substituents is 1. The Morgan fingerprint density at radius 1 is 1.16 bits per heavy atom. The van der Waals surface area contributed by atoms with Crippen LogP contribution in [-0.4, -0.2) is 42.2 Å². The fourth-order valence-electron chi connectivity index (χ4n) is 3.25. The number of rotatable bonds is 5. The Bertz CT molecular complexity index is 710. The second-order valence-electron chi connectivity index (χ2n) is 6.36. The molecule has 132 valence electrons. The van der Waals surface area contributed by atoms with Crippen LogP contribution in [0, 0.1) is 0 Å². The molecule has 2 N–H and O–H groups in total. The number of nitrogens with one attached hydrogen (secondary N) is 1. The minimum atomic E-state index is -0.281. The molecule has 0 aromatic heterocycles. The molecule has 3 rings (SSSR count). The van der Waals surface area contributed by atoms with E-state index in [0.717, 1.165) is 32.5 Å². The predicted octanol–water partition coefficient (Wildman–Crippen LogP) is 2.80. The van der Waals surface area contributed by atoms with Gasteiger partial charge in [-0.25, -0.2) is 0 Å². The highest BCUT2D eigenvalue weighted by Gasteiger charge is 2.24. The zero-order chi connectivity index (χ0) is 17.6. The Hall–Kier alpha value is -2.53. The van der Waals surface area contributed by atoms with Crippen molar-refractivity contribution in [3.8, 4) is 11.5 Å². The van der Waals surface area contributed by atoms with Crippen LogP contribution in [0.4, 0.5) is 0 Å². The molecule has 1 fully saturated rings. The predicted molar refractivity (Wildman–Crippen MR) is 96.9 cm³/mol. The van der Waals surface area contributed by atoms with E-state index in [4.69, 9.17) is 4.74 Å². The van der Waals surface area contributed by atoms with Gasteiger partial charge in [-0.2, -0.15) is 0 Å². The number of hydrogen-bond acceptors (Lipinski definition) is 4. The van der Waals surface area contributed by atoms with Gasteiger partial charge in [-0.05, 0) is 30.5 Å². The van der Waals surface area contributed by atoms with Crippen LogP contribution < -0.4 is 10.1 Å². The van der Waals surface area contributed by atoms with Crippen molar-refractivity contribution < 1.29 is 14.6 Å². The van der Waals surface area contributed by atoms with Crippen molar-refractivity contribution in [1.29, 1.82) is 0 Å². The fourth-order valence-corrected chi connectivity index (χ4v) is 3.25. The lowest BCUT2D eigenvalue weighted by molar-refractivity contribution is 0.0903. The van der Waals surface area contributed by atoms with Gasteiger partial charge in [-0.15, -0.1) is 0 Å². The van der Waals surface area contributed by atoms with Crippen LogP contribution in [0.5, 0.6) is 11.5 Å². The number of amides is 1. The Morgan fingerprint density at radius 2 is 1.88 bits per heavy atom. The highest BCUT2D eigenvalue weighted by atomic mass is 16.5. The van der Waals surface area contributed by atoms with Crippen LogP contribution in [0.2, 0.25) is 0 Å². The van der Waals surface area contributed by atoms with Crippen LogP contribution in [0.1, 0.15) is 28.8 Å². The number of ether oxygens (including phenoxy) is 1. The minimum absolute atomic E-state index is 0.0571. The molecule has 2 aromatic carbocycles. The molecule has 1 aliphatic rings. The topological polar surface area (TPSA) is 61.8 Å². The van der Waals surface area contributed by atoms with Gasteiger partial charge in [-0.1, -0.05) is 36.4 Å². The van der Waals surface area contributed by atoms with E-state index in [9.17, 15) is 9.90 Å². The summed E-state index contributed by atoms with van der Waals surface area (Å²) in [5, 5.41) is 13.0. The molecule has 1 heterocycles. The summed E-state index contributed by atoms with van der Waals surface area (Å²) in [7, 11) is 1.49. The molecule has 5 nitrogen and oxygen atoms in total. The maximum Gasteiger partial charge on any atom is 0.259 e. The molecule has 0 radical (unpaired) electrons. The number of likely N-dealkylation sites (tertiary alicyclic amines) is 1. The number of benzene rings is 2. The number of piperidine rings is 1. The average Bonchev–Trinajstić information content (AvgIpc) is 2.64. The van der Waals surface area contributed by atoms with Gasteiger partial charge in [0, 0.05) is 25.7 Å². The van der Waals surface area contributed by atoms with Crippen molar-refractivity contribution in [3.05, 3.63) is 59.7 Å². The molecule has 0 atom stereocenters. The molecule has 2 aromatic rings. The van der Waals surface area contributed by atoms with Crippen LogP contribution in [0.15, 0.2) is 48.5 Å². The smallest absolute Gasteiger partial charge is 0.259 e. The Morgan fingerprint density at radius 3 is 2.56 bits per heavy atom. The molecule has 25 heavy (non-hydrogen) atoms. The number of carbonyl (C=O) groups excluding carboxylic acids is 1. The molecule has 0 aliphatic carbocycles. The van der Waals surface area contributed by atoms with Crippen molar-refractivity contribution in [2.75, 3.05) is 20.2 Å². The lowest BCUT2D eigenvalue weighted by atomic mass is 10.0. The van der Waals surface area contributed by atoms with E-state index in [1.54, 1.807) is 12.1 Å². The minimum Gasteiger partial charge on any atom is -0.507 e. The van der Waals surface area contributed by atoms with Gasteiger partial charge in [0.1, 0.15) is 17.1 Å². The molecular weight excluding hydrogens is 316 g/mol. The lowest BCUT2D eigenvalue weighted by Gasteiger charge is -2.32. The first kappa shape index (κ1) is 17.3. The Balaban J connectivity index is 1.55. The van der Waals surface area contributed by atoms with Gasteiger partial charge in [0.15, 0.2) is 0 Å². The van der Waals surface area contributed by atoms with Crippen LogP contribution in [0.3, 0.4) is 0 Å². The average molecular weight is 340 g/mol. The van der Waals surface area contributed by atoms with Crippen molar-refractivity contribution in [3.63, 3.8) is 0 Å². The molecular formula is C20H24N2O3. The number of aromatic hydroxyl groups is 1. The summed E-state index contributed by atoms with van der Waals surface area (Å²) in [5.41, 5.74) is 1.51. The molecule has 1 amide bonds. The third-order valence-electron chi connectivity index (χ3n) is 4.62. The third-order valence-corrected chi connectivity index (χ3v) is 4.62. The summed E-state index contributed by atoms with van der Waals surface area (Å²) >= 11 is 0. The number of carbonyl (C=O) groups is 1. The fraction of sp³-hybridized carbons (Fsp3) is 0.350. The summed E-state index contributed by atoms with van der Waals surface area (Å²) < 4.78 is 5.19. The van der Waals surface area contributed by atoms with Crippen molar-refractivity contribution in [2.45, 2.75) is 25.4 Å². The van der Waals surface area contributed by atoms with Gasteiger partial charge in [0.2, 0.25) is 0 Å². The molecule has 0 unspecified atom stereocenters. The van der Waals surface area contributed by atoms with E-state index >= 15 is 0 Å². The van der Waals surface area contributed by atoms with Gasteiger partial charge in [0.05, 0.1) is 7.11 Å². The first-order valence-electron chi connectivity index (χ1n) is 8.60. The molecule has 0 spiro atoms. The van der Waals surface area contributed by atoms with E-state index in [1.165, 1.54) is 18.7 Å². The second-order valence-corrected chi connectivity index (χ2v) is 6.36. The van der Waals surface area contributed by atoms with Crippen LogP contribution >= 0.6 is 0 Å². The van der Waals surface area contributed by atoms with E-state index in [1.807, 2.05) is 6.07 Å². The summed E-state index contributed by atoms with van der Waals surface area (Å²) in [6.45, 7) is 2.82. The SMILES string of the molecule is COc1cccc(O)c1C(=O)NC1CCN(Cc2ccccc2)CC1. The molecule has 1 saturated heterocycles. The molecule has 5 heteroatoms. The lowest BCUT2D eigenvalue weighted by Crippen LogP contribution is -2.44. The van der Waals surface area contributed by atoms with E-state index in [0.29, 0.717) is 5.75 Å². The number of hydrogen-bond donors (Lipinski definition) is 2. The Kier molecular flexibility index (Phi) is 5.56. The van der Waals surface area contributed by atoms with Gasteiger partial charge in [-0.3, -0.25) is 9.69 Å². The highest BCUT2D eigenvalue weighted by molar-refractivity contribution is 5.99. The van der Waals surface area contributed by atoms with Crippen molar-refractivity contribution >= 4 is 5.91 Å². The maximum atomic E-state index is 12.5. The van der Waals surface area contributed by atoms with Crippen LogP contribution in [0.25, 0.3) is 0 Å². The quantitative estimate of drug-likeness (QED) is 0.879. The summed E-state index contributed by atoms with van der Waals surface area (Å²) in [5.74, 6) is 0.0498. The molecule has 0 bridgehead atoms. The monoisotopic (exact) mass is 340 g/mol.